The van der Waals surface area contributed by atoms with Crippen LogP contribution >= 0.6 is 0 Å². The van der Waals surface area contributed by atoms with Gasteiger partial charge in [-0.15, -0.1) is 0 Å². The van der Waals surface area contributed by atoms with Crippen molar-refractivity contribution in [1.82, 2.24) is 10.2 Å². The van der Waals surface area contributed by atoms with Gasteiger partial charge in [-0.2, -0.15) is 0 Å². The standard InChI is InChI=1S/C14H20N2O2/c1-3-18-12-7-4-6-11(10-12)13-14(17)16(2)9-5-8-15-13/h4,6-7,10,13,15H,3,5,8-9H2,1-2H3. The third kappa shape index (κ3) is 2.82. The summed E-state index contributed by atoms with van der Waals surface area (Å²) in [5.74, 6) is 0.942. The van der Waals surface area contributed by atoms with Crippen molar-refractivity contribution < 1.29 is 9.53 Å². The first-order chi connectivity index (χ1) is 8.72. The Bertz CT molecular complexity index is 420. The smallest absolute Gasteiger partial charge is 0.244 e. The Kier molecular flexibility index (Phi) is 4.20. The van der Waals surface area contributed by atoms with E-state index in [1.807, 2.05) is 38.2 Å². The molecule has 4 heteroatoms. The topological polar surface area (TPSA) is 41.6 Å². The monoisotopic (exact) mass is 248 g/mol. The van der Waals surface area contributed by atoms with E-state index in [1.54, 1.807) is 4.90 Å². The molecular formula is C14H20N2O2. The predicted molar refractivity (Wildman–Crippen MR) is 70.6 cm³/mol. The van der Waals surface area contributed by atoms with E-state index in [0.717, 1.165) is 30.8 Å². The summed E-state index contributed by atoms with van der Waals surface area (Å²) in [4.78, 5) is 14.0. The second-order valence-corrected chi connectivity index (χ2v) is 4.51. The van der Waals surface area contributed by atoms with Gasteiger partial charge in [0.2, 0.25) is 5.91 Å². The molecule has 1 atom stereocenters. The molecule has 1 aromatic rings. The number of ether oxygens (including phenoxy) is 1. The third-order valence-electron chi connectivity index (χ3n) is 3.14. The minimum absolute atomic E-state index is 0.126. The Balaban J connectivity index is 2.22. The molecule has 98 valence electrons. The van der Waals surface area contributed by atoms with Crippen LogP contribution in [0, 0.1) is 0 Å². The van der Waals surface area contributed by atoms with Crippen molar-refractivity contribution in [2.24, 2.45) is 0 Å². The summed E-state index contributed by atoms with van der Waals surface area (Å²) in [7, 11) is 1.86. The van der Waals surface area contributed by atoms with E-state index < -0.39 is 0 Å². The lowest BCUT2D eigenvalue weighted by atomic mass is 10.1. The Morgan fingerprint density at radius 2 is 2.33 bits per heavy atom. The van der Waals surface area contributed by atoms with Gasteiger partial charge in [0, 0.05) is 13.6 Å². The molecule has 2 rings (SSSR count). The molecule has 0 radical (unpaired) electrons. The Morgan fingerprint density at radius 3 is 3.11 bits per heavy atom. The molecule has 1 aliphatic heterocycles. The summed E-state index contributed by atoms with van der Waals surface area (Å²) in [5, 5.41) is 3.30. The molecule has 1 amide bonds. The summed E-state index contributed by atoms with van der Waals surface area (Å²) in [5.41, 5.74) is 0.972. The second-order valence-electron chi connectivity index (χ2n) is 4.51. The molecule has 1 heterocycles. The lowest BCUT2D eigenvalue weighted by molar-refractivity contribution is -0.131. The van der Waals surface area contributed by atoms with E-state index in [1.165, 1.54) is 0 Å². The molecule has 1 unspecified atom stereocenters. The summed E-state index contributed by atoms with van der Waals surface area (Å²) in [6.07, 6.45) is 0.990. The van der Waals surface area contributed by atoms with Gasteiger partial charge in [-0.1, -0.05) is 12.1 Å². The van der Waals surface area contributed by atoms with E-state index in [2.05, 4.69) is 5.32 Å². The zero-order valence-corrected chi connectivity index (χ0v) is 11.0. The molecular weight excluding hydrogens is 228 g/mol. The number of nitrogens with zero attached hydrogens (tertiary/aromatic N) is 1. The van der Waals surface area contributed by atoms with Crippen LogP contribution in [0.5, 0.6) is 5.75 Å². The van der Waals surface area contributed by atoms with Crippen molar-refractivity contribution in [1.29, 1.82) is 0 Å². The zero-order chi connectivity index (χ0) is 13.0. The van der Waals surface area contributed by atoms with Crippen molar-refractivity contribution >= 4 is 5.91 Å². The highest BCUT2D eigenvalue weighted by Crippen LogP contribution is 2.22. The fourth-order valence-corrected chi connectivity index (χ4v) is 2.19. The third-order valence-corrected chi connectivity index (χ3v) is 3.14. The quantitative estimate of drug-likeness (QED) is 0.883. The molecule has 1 aromatic carbocycles. The molecule has 1 aliphatic rings. The average molecular weight is 248 g/mol. The molecule has 0 aliphatic carbocycles. The van der Waals surface area contributed by atoms with Gasteiger partial charge in [-0.3, -0.25) is 4.79 Å². The van der Waals surface area contributed by atoms with Gasteiger partial charge in [-0.25, -0.2) is 0 Å². The average Bonchev–Trinajstić information content (AvgIpc) is 2.54. The van der Waals surface area contributed by atoms with E-state index in [9.17, 15) is 4.79 Å². The van der Waals surface area contributed by atoms with E-state index in [0.29, 0.717) is 6.61 Å². The molecule has 1 saturated heterocycles. The molecule has 1 fully saturated rings. The van der Waals surface area contributed by atoms with Gasteiger partial charge < -0.3 is 15.0 Å². The molecule has 4 nitrogen and oxygen atoms in total. The summed E-state index contributed by atoms with van der Waals surface area (Å²) in [6.45, 7) is 4.26. The summed E-state index contributed by atoms with van der Waals surface area (Å²) >= 11 is 0. The number of carbonyl (C=O) groups excluding carboxylic acids is 1. The number of amides is 1. The van der Waals surface area contributed by atoms with Gasteiger partial charge in [0.05, 0.1) is 6.61 Å². The first-order valence-corrected chi connectivity index (χ1v) is 6.43. The molecule has 0 aromatic heterocycles. The highest BCUT2D eigenvalue weighted by Gasteiger charge is 2.25. The van der Waals surface area contributed by atoms with Crippen LogP contribution in [0.4, 0.5) is 0 Å². The van der Waals surface area contributed by atoms with Gasteiger partial charge in [0.1, 0.15) is 11.8 Å². The van der Waals surface area contributed by atoms with Crippen LogP contribution in [0.3, 0.4) is 0 Å². The molecule has 0 saturated carbocycles. The SMILES string of the molecule is CCOc1cccc(C2NCCCN(C)C2=O)c1. The second kappa shape index (κ2) is 5.87. The van der Waals surface area contributed by atoms with Crippen LogP contribution in [-0.2, 0) is 4.79 Å². The molecule has 1 N–H and O–H groups in total. The Morgan fingerprint density at radius 1 is 1.50 bits per heavy atom. The summed E-state index contributed by atoms with van der Waals surface area (Å²) in [6, 6.07) is 7.51. The van der Waals surface area contributed by atoms with Crippen LogP contribution < -0.4 is 10.1 Å². The number of likely N-dealkylation sites (N-methyl/N-ethyl adjacent to an activating group) is 1. The van der Waals surface area contributed by atoms with E-state index in [-0.39, 0.29) is 11.9 Å². The van der Waals surface area contributed by atoms with E-state index >= 15 is 0 Å². The predicted octanol–water partition coefficient (Wildman–Crippen LogP) is 1.58. The zero-order valence-electron chi connectivity index (χ0n) is 11.0. The summed E-state index contributed by atoms with van der Waals surface area (Å²) < 4.78 is 5.48. The maximum atomic E-state index is 12.2. The minimum atomic E-state index is -0.252. The van der Waals surface area contributed by atoms with Gasteiger partial charge in [-0.05, 0) is 37.6 Å². The fourth-order valence-electron chi connectivity index (χ4n) is 2.19. The Hall–Kier alpha value is -1.55. The highest BCUT2D eigenvalue weighted by atomic mass is 16.5. The number of rotatable bonds is 3. The van der Waals surface area contributed by atoms with Crippen LogP contribution in [0.15, 0.2) is 24.3 Å². The van der Waals surface area contributed by atoms with Crippen molar-refractivity contribution in [3.8, 4) is 5.75 Å². The van der Waals surface area contributed by atoms with Crippen molar-refractivity contribution in [3.05, 3.63) is 29.8 Å². The minimum Gasteiger partial charge on any atom is -0.494 e. The number of hydrogen-bond donors (Lipinski definition) is 1. The number of nitrogens with one attached hydrogen (secondary N) is 1. The van der Waals surface area contributed by atoms with Gasteiger partial charge >= 0.3 is 0 Å². The lowest BCUT2D eigenvalue weighted by Crippen LogP contribution is -2.35. The van der Waals surface area contributed by atoms with Crippen molar-refractivity contribution in [3.63, 3.8) is 0 Å². The maximum Gasteiger partial charge on any atom is 0.244 e. The molecule has 0 bridgehead atoms. The Labute approximate surface area is 108 Å². The van der Waals surface area contributed by atoms with E-state index in [4.69, 9.17) is 4.74 Å². The first kappa shape index (κ1) is 12.9. The number of benzene rings is 1. The lowest BCUT2D eigenvalue weighted by Gasteiger charge is -2.20. The van der Waals surface area contributed by atoms with Crippen molar-refractivity contribution in [2.75, 3.05) is 26.7 Å². The fraction of sp³-hybridized carbons (Fsp3) is 0.500. The number of carbonyl (C=O) groups is 1. The molecule has 0 spiro atoms. The van der Waals surface area contributed by atoms with Gasteiger partial charge in [0.15, 0.2) is 0 Å². The first-order valence-electron chi connectivity index (χ1n) is 6.43. The van der Waals surface area contributed by atoms with Crippen LogP contribution in [0.1, 0.15) is 24.9 Å². The van der Waals surface area contributed by atoms with Crippen LogP contribution in [0.2, 0.25) is 0 Å². The maximum absolute atomic E-state index is 12.2. The van der Waals surface area contributed by atoms with Crippen molar-refractivity contribution in [2.45, 2.75) is 19.4 Å². The largest absolute Gasteiger partial charge is 0.494 e. The van der Waals surface area contributed by atoms with Crippen LogP contribution in [0.25, 0.3) is 0 Å². The number of hydrogen-bond acceptors (Lipinski definition) is 3. The van der Waals surface area contributed by atoms with Gasteiger partial charge in [0.25, 0.3) is 0 Å². The highest BCUT2D eigenvalue weighted by molar-refractivity contribution is 5.83. The van der Waals surface area contributed by atoms with Crippen LogP contribution in [-0.4, -0.2) is 37.6 Å². The normalized spacial score (nSPS) is 20.7. The molecule has 18 heavy (non-hydrogen) atoms.